The fourth-order valence-corrected chi connectivity index (χ4v) is 1.79. The minimum Gasteiger partial charge on any atom is -0.243 e. The van der Waals surface area contributed by atoms with Crippen LogP contribution < -0.4 is 38.5 Å². The summed E-state index contributed by atoms with van der Waals surface area (Å²) in [5.41, 5.74) is 20.1. The average molecular weight is 245 g/mol. The Morgan fingerprint density at radius 3 is 1.18 bits per heavy atom. The lowest BCUT2D eigenvalue weighted by molar-refractivity contribution is 0.271. The van der Waals surface area contributed by atoms with Gasteiger partial charge in [0.1, 0.15) is 0 Å². The average Bonchev–Trinajstić information content (AvgIpc) is 2.35. The van der Waals surface area contributed by atoms with Crippen molar-refractivity contribution in [2.45, 2.75) is 51.4 Å². The van der Waals surface area contributed by atoms with Crippen LogP contribution in [0.4, 0.5) is 0 Å². The van der Waals surface area contributed by atoms with Crippen LogP contribution in [0.3, 0.4) is 0 Å². The number of hydrazine groups is 6. The molecule has 0 spiro atoms. The van der Waals surface area contributed by atoms with Crippen molar-refractivity contribution in [3.63, 3.8) is 0 Å². The lowest BCUT2D eigenvalue weighted by Gasteiger charge is -2.12. The van der Waals surface area contributed by atoms with Crippen LogP contribution in [-0.2, 0) is 0 Å². The van der Waals surface area contributed by atoms with E-state index >= 15 is 0 Å². The smallest absolute Gasteiger partial charge is 0.0113 e. The van der Waals surface area contributed by atoms with E-state index in [-0.39, 0.29) is 0 Å². The van der Waals surface area contributed by atoms with Gasteiger partial charge in [0.15, 0.2) is 0 Å². The molecule has 0 atom stereocenters. The monoisotopic (exact) mass is 245 g/mol. The molecule has 7 heteroatoms. The van der Waals surface area contributed by atoms with Crippen LogP contribution in [0.5, 0.6) is 0 Å². The summed E-state index contributed by atoms with van der Waals surface area (Å²) in [6, 6.07) is 0. The predicted octanol–water partition coefficient (Wildman–Crippen LogP) is -0.262. The highest BCUT2D eigenvalue weighted by molar-refractivity contribution is 4.49. The van der Waals surface area contributed by atoms with E-state index in [4.69, 9.17) is 0 Å². The van der Waals surface area contributed by atoms with Crippen LogP contribution in [0.15, 0.2) is 0 Å². The van der Waals surface area contributed by atoms with Crippen molar-refractivity contribution in [2.24, 2.45) is 0 Å². The molecule has 1 aliphatic heterocycles. The van der Waals surface area contributed by atoms with Gasteiger partial charge in [0.05, 0.1) is 0 Å². The van der Waals surface area contributed by atoms with Crippen LogP contribution in [0.2, 0.25) is 0 Å². The van der Waals surface area contributed by atoms with Gasteiger partial charge in [-0.2, -0.15) is 27.7 Å². The number of hydrogen-bond donors (Lipinski definition) is 7. The first kappa shape index (κ1) is 14.8. The maximum atomic E-state index is 3.07. The van der Waals surface area contributed by atoms with Crippen molar-refractivity contribution >= 4 is 0 Å². The largest absolute Gasteiger partial charge is 0.243 e. The summed E-state index contributed by atoms with van der Waals surface area (Å²) in [4.78, 5) is 0. The molecule has 1 aliphatic rings. The summed E-state index contributed by atoms with van der Waals surface area (Å²) < 4.78 is 0. The molecule has 1 saturated heterocycles. The van der Waals surface area contributed by atoms with Crippen LogP contribution in [0.1, 0.15) is 51.4 Å². The van der Waals surface area contributed by atoms with E-state index in [2.05, 4.69) is 38.5 Å². The first-order valence-corrected chi connectivity index (χ1v) is 6.71. The molecule has 0 aromatic rings. The molecule has 1 heterocycles. The van der Waals surface area contributed by atoms with Gasteiger partial charge in [-0.05, 0) is 12.8 Å². The van der Waals surface area contributed by atoms with Gasteiger partial charge in [-0.1, -0.05) is 38.5 Å². The van der Waals surface area contributed by atoms with Crippen molar-refractivity contribution < 1.29 is 0 Å². The Morgan fingerprint density at radius 2 is 0.706 bits per heavy atom. The number of hydrogen-bond acceptors (Lipinski definition) is 7. The molecule has 0 aromatic heterocycles. The molecule has 0 aromatic carbocycles. The van der Waals surface area contributed by atoms with Crippen molar-refractivity contribution in [3.8, 4) is 0 Å². The number of rotatable bonds is 0. The first-order valence-electron chi connectivity index (χ1n) is 6.71. The van der Waals surface area contributed by atoms with Gasteiger partial charge in [0.2, 0.25) is 0 Å². The molecular formula is C10H27N7. The van der Waals surface area contributed by atoms with Crippen LogP contribution in [0, 0.1) is 0 Å². The molecule has 7 nitrogen and oxygen atoms in total. The molecule has 0 bridgehead atoms. The minimum absolute atomic E-state index is 0.973. The molecule has 0 unspecified atom stereocenters. The molecule has 1 rings (SSSR count). The van der Waals surface area contributed by atoms with Crippen LogP contribution in [-0.4, -0.2) is 13.1 Å². The van der Waals surface area contributed by atoms with Crippen LogP contribution in [0.25, 0.3) is 0 Å². The topological polar surface area (TPSA) is 84.2 Å². The lowest BCUT2D eigenvalue weighted by atomic mass is 10.1. The van der Waals surface area contributed by atoms with E-state index in [1.165, 1.54) is 51.4 Å². The Bertz CT molecular complexity index is 86.1. The van der Waals surface area contributed by atoms with Crippen LogP contribution >= 0.6 is 0 Å². The zero-order valence-electron chi connectivity index (χ0n) is 10.6. The Labute approximate surface area is 104 Å². The Morgan fingerprint density at radius 1 is 0.353 bits per heavy atom. The van der Waals surface area contributed by atoms with Gasteiger partial charge in [0, 0.05) is 13.1 Å². The second kappa shape index (κ2) is 12.2. The summed E-state index contributed by atoms with van der Waals surface area (Å²) in [5.74, 6) is 0. The molecule has 0 aliphatic carbocycles. The zero-order chi connectivity index (χ0) is 12.0. The first-order chi connectivity index (χ1) is 8.50. The van der Waals surface area contributed by atoms with E-state index in [0.29, 0.717) is 0 Å². The fourth-order valence-electron chi connectivity index (χ4n) is 1.79. The molecule has 17 heavy (non-hydrogen) atoms. The molecular weight excluding hydrogens is 218 g/mol. The van der Waals surface area contributed by atoms with Gasteiger partial charge in [-0.3, -0.25) is 0 Å². The maximum Gasteiger partial charge on any atom is 0.0113 e. The Balaban J connectivity index is 2.01. The Hall–Kier alpha value is -0.280. The molecule has 7 N–H and O–H groups in total. The third-order valence-corrected chi connectivity index (χ3v) is 2.78. The van der Waals surface area contributed by atoms with Gasteiger partial charge < -0.3 is 0 Å². The molecule has 102 valence electrons. The standard InChI is InChI=1S/C10H27N7/c1-2-4-6-8-10-12-14-16-17-15-13-11-9-7-5-3-1/h11-17H,1-10H2. The van der Waals surface area contributed by atoms with Gasteiger partial charge in [-0.15, -0.1) is 0 Å². The van der Waals surface area contributed by atoms with Crippen molar-refractivity contribution in [1.29, 1.82) is 0 Å². The second-order valence-electron chi connectivity index (χ2n) is 4.31. The number of nitrogens with one attached hydrogen (secondary N) is 7. The molecule has 0 amide bonds. The second-order valence-corrected chi connectivity index (χ2v) is 4.31. The highest BCUT2D eigenvalue weighted by Gasteiger charge is 1.93. The summed E-state index contributed by atoms with van der Waals surface area (Å²) in [6.45, 7) is 1.95. The van der Waals surface area contributed by atoms with Crippen molar-refractivity contribution in [1.82, 2.24) is 38.5 Å². The van der Waals surface area contributed by atoms with Crippen molar-refractivity contribution in [2.75, 3.05) is 13.1 Å². The summed E-state index contributed by atoms with van der Waals surface area (Å²) >= 11 is 0. The normalized spacial score (nSPS) is 24.0. The molecule has 0 radical (unpaired) electrons. The molecule has 1 fully saturated rings. The van der Waals surface area contributed by atoms with E-state index in [1.807, 2.05) is 0 Å². The fraction of sp³-hybridized carbons (Fsp3) is 1.00. The van der Waals surface area contributed by atoms with E-state index in [9.17, 15) is 0 Å². The highest BCUT2D eigenvalue weighted by atomic mass is 15.9. The lowest BCUT2D eigenvalue weighted by Crippen LogP contribution is -2.61. The third kappa shape index (κ3) is 10.6. The highest BCUT2D eigenvalue weighted by Crippen LogP contribution is 2.07. The van der Waals surface area contributed by atoms with Gasteiger partial charge in [0.25, 0.3) is 0 Å². The predicted molar refractivity (Wildman–Crippen MR) is 68.6 cm³/mol. The van der Waals surface area contributed by atoms with E-state index in [0.717, 1.165) is 13.1 Å². The zero-order valence-corrected chi connectivity index (χ0v) is 10.6. The Kier molecular flexibility index (Phi) is 10.6. The van der Waals surface area contributed by atoms with Crippen molar-refractivity contribution in [3.05, 3.63) is 0 Å². The minimum atomic E-state index is 0.973. The van der Waals surface area contributed by atoms with E-state index in [1.54, 1.807) is 0 Å². The van der Waals surface area contributed by atoms with Gasteiger partial charge >= 0.3 is 0 Å². The molecule has 0 saturated carbocycles. The van der Waals surface area contributed by atoms with E-state index < -0.39 is 0 Å². The van der Waals surface area contributed by atoms with Gasteiger partial charge in [-0.25, -0.2) is 10.9 Å². The maximum absolute atomic E-state index is 3.07. The quantitative estimate of drug-likeness (QED) is 0.317. The third-order valence-electron chi connectivity index (χ3n) is 2.78. The SMILES string of the molecule is C1CCCCCNNNNNNNCCCC1. The summed E-state index contributed by atoms with van der Waals surface area (Å²) in [6.07, 6.45) is 10.5. The summed E-state index contributed by atoms with van der Waals surface area (Å²) in [7, 11) is 0. The summed E-state index contributed by atoms with van der Waals surface area (Å²) in [5, 5.41) is 0.